The van der Waals surface area contributed by atoms with Gasteiger partial charge in [0.15, 0.2) is 0 Å². The van der Waals surface area contributed by atoms with Gasteiger partial charge >= 0.3 is 0 Å². The summed E-state index contributed by atoms with van der Waals surface area (Å²) in [4.78, 5) is 35.2. The Kier molecular flexibility index (Phi) is 7.47. The number of aromatic nitrogens is 1. The van der Waals surface area contributed by atoms with Gasteiger partial charge in [0.05, 0.1) is 16.6 Å². The van der Waals surface area contributed by atoms with Gasteiger partial charge in [0, 0.05) is 48.8 Å². The minimum atomic E-state index is -0.188. The van der Waals surface area contributed by atoms with Crippen LogP contribution in [-0.4, -0.2) is 47.4 Å². The normalized spacial score (nSPS) is 17.4. The maximum atomic E-state index is 13.7. The first kappa shape index (κ1) is 25.3. The van der Waals surface area contributed by atoms with Crippen LogP contribution in [0.15, 0.2) is 60.8 Å². The van der Waals surface area contributed by atoms with Crippen LogP contribution in [0.3, 0.4) is 0 Å². The average Bonchev–Trinajstić information content (AvgIpc) is 3.31. The van der Waals surface area contributed by atoms with Crippen molar-refractivity contribution in [1.29, 1.82) is 0 Å². The van der Waals surface area contributed by atoms with Crippen LogP contribution in [0, 0.1) is 6.92 Å². The van der Waals surface area contributed by atoms with Crippen molar-refractivity contribution in [3.05, 3.63) is 93.8 Å². The molecule has 5 rings (SSSR count). The maximum absolute atomic E-state index is 13.7. The predicted molar refractivity (Wildman–Crippen MR) is 147 cm³/mol. The standard InChI is InChI=1S/C30H33ClN4O2/c1-3-35(23-13-16-34(17-14-23)24-12-15-32-20(2)18-24)30(37)22-9-8-21-10-11-28(26(21)19-22)33-29(36)25-6-4-5-7-27(25)31/h4-9,12,15,18-19,23,28H,3,10-11,13-14,16-17H2,1-2H3,(H,33,36)/t28-/m1/s1. The van der Waals surface area contributed by atoms with E-state index in [2.05, 4.69) is 34.3 Å². The maximum Gasteiger partial charge on any atom is 0.254 e. The lowest BCUT2D eigenvalue weighted by Crippen LogP contribution is -2.47. The smallest absolute Gasteiger partial charge is 0.254 e. The van der Waals surface area contributed by atoms with Gasteiger partial charge in [-0.05, 0) is 87.1 Å². The molecule has 0 bridgehead atoms. The van der Waals surface area contributed by atoms with Crippen LogP contribution in [-0.2, 0) is 6.42 Å². The van der Waals surface area contributed by atoms with Crippen molar-refractivity contribution in [2.24, 2.45) is 0 Å². The van der Waals surface area contributed by atoms with Gasteiger partial charge in [-0.25, -0.2) is 0 Å². The molecule has 6 nitrogen and oxygen atoms in total. The summed E-state index contributed by atoms with van der Waals surface area (Å²) >= 11 is 6.23. The van der Waals surface area contributed by atoms with Crippen molar-refractivity contribution in [1.82, 2.24) is 15.2 Å². The molecule has 0 unspecified atom stereocenters. The van der Waals surface area contributed by atoms with Gasteiger partial charge in [-0.1, -0.05) is 29.8 Å². The Morgan fingerprint density at radius 1 is 1.08 bits per heavy atom. The number of nitrogens with zero attached hydrogens (tertiary/aromatic N) is 3. The zero-order valence-electron chi connectivity index (χ0n) is 21.4. The van der Waals surface area contributed by atoms with E-state index >= 15 is 0 Å². The van der Waals surface area contributed by atoms with Gasteiger partial charge in [-0.3, -0.25) is 14.6 Å². The van der Waals surface area contributed by atoms with Crippen LogP contribution in [0.25, 0.3) is 0 Å². The van der Waals surface area contributed by atoms with Crippen LogP contribution in [0.2, 0.25) is 5.02 Å². The molecule has 3 aromatic rings. The van der Waals surface area contributed by atoms with E-state index in [1.54, 1.807) is 12.1 Å². The fraction of sp³-hybridized carbons (Fsp3) is 0.367. The number of piperidine rings is 1. The third-order valence-corrected chi connectivity index (χ3v) is 7.98. The van der Waals surface area contributed by atoms with Crippen LogP contribution >= 0.6 is 11.6 Å². The fourth-order valence-corrected chi connectivity index (χ4v) is 5.88. The number of fused-ring (bicyclic) bond motifs is 1. The molecule has 1 saturated heterocycles. The molecule has 1 fully saturated rings. The topological polar surface area (TPSA) is 65.5 Å². The number of carbonyl (C=O) groups excluding carboxylic acids is 2. The van der Waals surface area contributed by atoms with Crippen molar-refractivity contribution < 1.29 is 9.59 Å². The van der Waals surface area contributed by atoms with E-state index in [4.69, 9.17) is 11.6 Å². The zero-order chi connectivity index (χ0) is 25.9. The zero-order valence-corrected chi connectivity index (χ0v) is 22.2. The molecule has 1 aliphatic carbocycles. The fourth-order valence-electron chi connectivity index (χ4n) is 5.66. The predicted octanol–water partition coefficient (Wildman–Crippen LogP) is 5.59. The molecule has 2 heterocycles. The summed E-state index contributed by atoms with van der Waals surface area (Å²) in [6.07, 6.45) is 5.41. The molecule has 1 aliphatic heterocycles. The van der Waals surface area contributed by atoms with Crippen molar-refractivity contribution in [3.8, 4) is 0 Å². The van der Waals surface area contributed by atoms with Gasteiger partial charge in [0.1, 0.15) is 0 Å². The van der Waals surface area contributed by atoms with Crippen LogP contribution in [0.5, 0.6) is 0 Å². The van der Waals surface area contributed by atoms with Crippen molar-refractivity contribution in [3.63, 3.8) is 0 Å². The van der Waals surface area contributed by atoms with Crippen molar-refractivity contribution in [2.75, 3.05) is 24.5 Å². The molecule has 7 heteroatoms. The number of hydrogen-bond acceptors (Lipinski definition) is 4. The second kappa shape index (κ2) is 10.9. The van der Waals surface area contributed by atoms with Crippen LogP contribution in [0.4, 0.5) is 5.69 Å². The van der Waals surface area contributed by atoms with E-state index in [0.29, 0.717) is 22.7 Å². The first-order valence-corrected chi connectivity index (χ1v) is 13.5. The Balaban J connectivity index is 1.27. The minimum Gasteiger partial charge on any atom is -0.371 e. The highest BCUT2D eigenvalue weighted by Gasteiger charge is 2.30. The highest BCUT2D eigenvalue weighted by atomic mass is 35.5. The summed E-state index contributed by atoms with van der Waals surface area (Å²) in [5.41, 5.74) is 5.59. The van der Waals surface area contributed by atoms with Crippen molar-refractivity contribution in [2.45, 2.75) is 51.6 Å². The molecule has 0 radical (unpaired) electrons. The SMILES string of the molecule is CCN(C(=O)c1ccc2c(c1)[C@H](NC(=O)c1ccccc1Cl)CC2)C1CCN(c2ccnc(C)c2)CC1. The molecule has 37 heavy (non-hydrogen) atoms. The molecule has 2 aromatic carbocycles. The van der Waals surface area contributed by atoms with E-state index < -0.39 is 0 Å². The van der Waals surface area contributed by atoms with E-state index in [1.807, 2.05) is 48.4 Å². The van der Waals surface area contributed by atoms with E-state index in [0.717, 1.165) is 50.0 Å². The van der Waals surface area contributed by atoms with Gasteiger partial charge in [0.2, 0.25) is 0 Å². The first-order valence-electron chi connectivity index (χ1n) is 13.1. The van der Waals surface area contributed by atoms with Gasteiger partial charge in [-0.15, -0.1) is 0 Å². The summed E-state index contributed by atoms with van der Waals surface area (Å²) in [5.74, 6) is -0.127. The Hall–Kier alpha value is -3.38. The Bertz CT molecular complexity index is 1300. The van der Waals surface area contributed by atoms with Crippen molar-refractivity contribution >= 4 is 29.1 Å². The summed E-state index contributed by atoms with van der Waals surface area (Å²) < 4.78 is 0. The molecule has 2 aliphatic rings. The van der Waals surface area contributed by atoms with Crippen LogP contribution < -0.4 is 10.2 Å². The third-order valence-electron chi connectivity index (χ3n) is 7.65. The largest absolute Gasteiger partial charge is 0.371 e. The number of halogens is 1. The lowest BCUT2D eigenvalue weighted by Gasteiger charge is -2.39. The number of pyridine rings is 1. The Morgan fingerprint density at radius 3 is 2.59 bits per heavy atom. The molecule has 0 saturated carbocycles. The summed E-state index contributed by atoms with van der Waals surface area (Å²) in [7, 11) is 0. The number of rotatable bonds is 6. The average molecular weight is 517 g/mol. The van der Waals surface area contributed by atoms with Gasteiger partial charge in [-0.2, -0.15) is 0 Å². The Labute approximate surface area is 223 Å². The summed E-state index contributed by atoms with van der Waals surface area (Å²) in [5, 5.41) is 3.57. The molecular formula is C30H33ClN4O2. The lowest BCUT2D eigenvalue weighted by atomic mass is 9.99. The molecule has 192 valence electrons. The number of aryl methyl sites for hydroxylation is 2. The van der Waals surface area contributed by atoms with E-state index in [-0.39, 0.29) is 23.9 Å². The molecule has 2 amide bonds. The summed E-state index contributed by atoms with van der Waals surface area (Å²) in [6, 6.07) is 17.3. The number of amides is 2. The molecule has 0 spiro atoms. The minimum absolute atomic E-state index is 0.0617. The third kappa shape index (κ3) is 5.35. The first-order chi connectivity index (χ1) is 17.9. The Morgan fingerprint density at radius 2 is 1.86 bits per heavy atom. The molecule has 1 atom stereocenters. The summed E-state index contributed by atoms with van der Waals surface area (Å²) in [6.45, 7) is 6.56. The number of anilines is 1. The van der Waals surface area contributed by atoms with Gasteiger partial charge in [0.25, 0.3) is 11.8 Å². The molecule has 1 N–H and O–H groups in total. The van der Waals surface area contributed by atoms with E-state index in [1.165, 1.54) is 11.3 Å². The highest BCUT2D eigenvalue weighted by molar-refractivity contribution is 6.33. The van der Waals surface area contributed by atoms with Crippen LogP contribution in [0.1, 0.15) is 69.8 Å². The second-order valence-corrected chi connectivity index (χ2v) is 10.3. The lowest BCUT2D eigenvalue weighted by molar-refractivity contribution is 0.0663. The monoisotopic (exact) mass is 516 g/mol. The number of hydrogen-bond donors (Lipinski definition) is 1. The molecular weight excluding hydrogens is 484 g/mol. The second-order valence-electron chi connectivity index (χ2n) is 9.92. The quantitative estimate of drug-likeness (QED) is 0.463. The number of carbonyl (C=O) groups is 2. The highest BCUT2D eigenvalue weighted by Crippen LogP contribution is 2.33. The van der Waals surface area contributed by atoms with E-state index in [9.17, 15) is 9.59 Å². The number of benzene rings is 2. The molecule has 1 aromatic heterocycles. The number of nitrogens with one attached hydrogen (secondary N) is 1. The van der Waals surface area contributed by atoms with Gasteiger partial charge < -0.3 is 15.1 Å².